The number of halogens is 2. The Morgan fingerprint density at radius 1 is 1.10 bits per heavy atom. The van der Waals surface area contributed by atoms with E-state index in [4.69, 9.17) is 27.9 Å². The molecule has 0 unspecified atom stereocenters. The van der Waals surface area contributed by atoms with Gasteiger partial charge < -0.3 is 4.74 Å². The van der Waals surface area contributed by atoms with Crippen molar-refractivity contribution in [2.24, 2.45) is 0 Å². The van der Waals surface area contributed by atoms with E-state index in [1.54, 1.807) is 0 Å². The van der Waals surface area contributed by atoms with Crippen LogP contribution < -0.4 is 4.74 Å². The molecule has 3 heteroatoms. The third-order valence-electron chi connectivity index (χ3n) is 3.80. The number of hydrogen-bond acceptors (Lipinski definition) is 1. The molecule has 20 heavy (non-hydrogen) atoms. The summed E-state index contributed by atoms with van der Waals surface area (Å²) in [7, 11) is 0. The molecule has 1 aliphatic rings. The molecular formula is C17H16Cl2O. The van der Waals surface area contributed by atoms with E-state index in [1.807, 2.05) is 30.3 Å². The maximum Gasteiger partial charge on any atom is 0.130 e. The molecule has 1 heterocycles. The minimum Gasteiger partial charge on any atom is -0.489 e. The van der Waals surface area contributed by atoms with E-state index in [2.05, 4.69) is 13.0 Å². The Morgan fingerprint density at radius 2 is 1.80 bits per heavy atom. The summed E-state index contributed by atoms with van der Waals surface area (Å²) in [5.41, 5.74) is 3.10. The van der Waals surface area contributed by atoms with Gasteiger partial charge in [-0.05, 0) is 37.0 Å². The average Bonchev–Trinajstić information content (AvgIpc) is 2.47. The first kappa shape index (κ1) is 13.8. The fourth-order valence-corrected chi connectivity index (χ4v) is 3.30. The highest BCUT2D eigenvalue weighted by Gasteiger charge is 2.23. The molecule has 0 spiro atoms. The van der Waals surface area contributed by atoms with E-state index < -0.39 is 0 Å². The molecule has 0 radical (unpaired) electrons. The van der Waals surface area contributed by atoms with E-state index in [-0.39, 0.29) is 6.10 Å². The van der Waals surface area contributed by atoms with Crippen LogP contribution in [0.1, 0.15) is 25.3 Å². The molecule has 2 aromatic carbocycles. The zero-order valence-electron chi connectivity index (χ0n) is 11.3. The molecule has 0 saturated carbocycles. The SMILES string of the molecule is CC[C@H]1CCc2cccc(-c3c(Cl)cccc3Cl)c2O1. The van der Waals surface area contributed by atoms with Gasteiger partial charge in [0.05, 0.1) is 16.1 Å². The van der Waals surface area contributed by atoms with Gasteiger partial charge in [-0.3, -0.25) is 0 Å². The van der Waals surface area contributed by atoms with Crippen molar-refractivity contribution in [3.8, 4) is 16.9 Å². The predicted molar refractivity (Wildman–Crippen MR) is 84.9 cm³/mol. The summed E-state index contributed by atoms with van der Waals surface area (Å²) in [6.45, 7) is 2.15. The minimum atomic E-state index is 0.282. The Kier molecular flexibility index (Phi) is 3.91. The van der Waals surface area contributed by atoms with Crippen LogP contribution in [0.25, 0.3) is 11.1 Å². The van der Waals surface area contributed by atoms with Crippen LogP contribution >= 0.6 is 23.2 Å². The van der Waals surface area contributed by atoms with Crippen LogP contribution in [0.5, 0.6) is 5.75 Å². The lowest BCUT2D eigenvalue weighted by Crippen LogP contribution is -2.22. The highest BCUT2D eigenvalue weighted by Crippen LogP contribution is 2.43. The number of rotatable bonds is 2. The van der Waals surface area contributed by atoms with Crippen LogP contribution in [0.2, 0.25) is 10.0 Å². The highest BCUT2D eigenvalue weighted by atomic mass is 35.5. The smallest absolute Gasteiger partial charge is 0.130 e. The molecule has 1 aliphatic heterocycles. The van der Waals surface area contributed by atoms with Crippen molar-refractivity contribution in [3.63, 3.8) is 0 Å². The molecule has 0 aliphatic carbocycles. The van der Waals surface area contributed by atoms with E-state index >= 15 is 0 Å². The molecular weight excluding hydrogens is 291 g/mol. The van der Waals surface area contributed by atoms with Crippen LogP contribution in [0.4, 0.5) is 0 Å². The molecule has 104 valence electrons. The van der Waals surface area contributed by atoms with Crippen LogP contribution in [0.3, 0.4) is 0 Å². The van der Waals surface area contributed by atoms with Crippen LogP contribution in [-0.2, 0) is 6.42 Å². The van der Waals surface area contributed by atoms with Gasteiger partial charge in [0, 0.05) is 11.1 Å². The van der Waals surface area contributed by atoms with Gasteiger partial charge in [0.1, 0.15) is 5.75 Å². The summed E-state index contributed by atoms with van der Waals surface area (Å²) in [5, 5.41) is 1.32. The number of fused-ring (bicyclic) bond motifs is 1. The molecule has 1 atom stereocenters. The van der Waals surface area contributed by atoms with Crippen molar-refractivity contribution in [2.75, 3.05) is 0 Å². The van der Waals surface area contributed by atoms with Crippen molar-refractivity contribution in [2.45, 2.75) is 32.3 Å². The predicted octanol–water partition coefficient (Wildman–Crippen LogP) is 5.76. The number of aryl methyl sites for hydroxylation is 1. The standard InChI is InChI=1S/C17H16Cl2O/c1-2-12-10-9-11-5-3-6-13(17(11)20-12)16-14(18)7-4-8-15(16)19/h3-8,12H,2,9-10H2,1H3/t12-/m0/s1. The fraction of sp³-hybridized carbons (Fsp3) is 0.294. The number of benzene rings is 2. The topological polar surface area (TPSA) is 9.23 Å². The maximum absolute atomic E-state index is 6.34. The normalized spacial score (nSPS) is 17.4. The quantitative estimate of drug-likeness (QED) is 0.685. The highest BCUT2D eigenvalue weighted by molar-refractivity contribution is 6.39. The summed E-state index contributed by atoms with van der Waals surface area (Å²) in [6.07, 6.45) is 3.42. The lowest BCUT2D eigenvalue weighted by molar-refractivity contribution is 0.170. The van der Waals surface area contributed by atoms with E-state index in [0.29, 0.717) is 10.0 Å². The van der Waals surface area contributed by atoms with Crippen molar-refractivity contribution in [1.82, 2.24) is 0 Å². The zero-order valence-corrected chi connectivity index (χ0v) is 12.8. The third-order valence-corrected chi connectivity index (χ3v) is 4.43. The second-order valence-electron chi connectivity index (χ2n) is 5.08. The lowest BCUT2D eigenvalue weighted by atomic mass is 9.95. The van der Waals surface area contributed by atoms with Gasteiger partial charge in [-0.15, -0.1) is 0 Å². The van der Waals surface area contributed by atoms with Gasteiger partial charge in [-0.25, -0.2) is 0 Å². The Hall–Kier alpha value is -1.18. The first-order valence-electron chi connectivity index (χ1n) is 6.93. The minimum absolute atomic E-state index is 0.282. The Balaban J connectivity index is 2.16. The van der Waals surface area contributed by atoms with Crippen molar-refractivity contribution < 1.29 is 4.74 Å². The van der Waals surface area contributed by atoms with Gasteiger partial charge in [-0.2, -0.15) is 0 Å². The molecule has 0 bridgehead atoms. The van der Waals surface area contributed by atoms with Crippen molar-refractivity contribution in [1.29, 1.82) is 0 Å². The molecule has 3 rings (SSSR count). The molecule has 0 N–H and O–H groups in total. The van der Waals surface area contributed by atoms with E-state index in [0.717, 1.165) is 36.1 Å². The average molecular weight is 307 g/mol. The van der Waals surface area contributed by atoms with Crippen molar-refractivity contribution in [3.05, 3.63) is 52.0 Å². The number of hydrogen-bond donors (Lipinski definition) is 0. The fourth-order valence-electron chi connectivity index (χ4n) is 2.70. The summed E-state index contributed by atoms with van der Waals surface area (Å²) in [6, 6.07) is 11.8. The van der Waals surface area contributed by atoms with Gasteiger partial charge in [0.2, 0.25) is 0 Å². The van der Waals surface area contributed by atoms with Gasteiger partial charge in [-0.1, -0.05) is 54.4 Å². The van der Waals surface area contributed by atoms with Gasteiger partial charge in [0.15, 0.2) is 0 Å². The lowest BCUT2D eigenvalue weighted by Gasteiger charge is -2.27. The second kappa shape index (κ2) is 5.67. The first-order chi connectivity index (χ1) is 9.70. The van der Waals surface area contributed by atoms with Gasteiger partial charge >= 0.3 is 0 Å². The second-order valence-corrected chi connectivity index (χ2v) is 5.89. The Labute approximate surface area is 129 Å². The monoisotopic (exact) mass is 306 g/mol. The molecule has 0 aromatic heterocycles. The number of para-hydroxylation sites is 1. The number of ether oxygens (including phenoxy) is 1. The summed E-state index contributed by atoms with van der Waals surface area (Å²) in [4.78, 5) is 0. The van der Waals surface area contributed by atoms with E-state index in [9.17, 15) is 0 Å². The zero-order chi connectivity index (χ0) is 14.1. The maximum atomic E-state index is 6.34. The largest absolute Gasteiger partial charge is 0.489 e. The summed E-state index contributed by atoms with van der Waals surface area (Å²) < 4.78 is 6.16. The van der Waals surface area contributed by atoms with Gasteiger partial charge in [0.25, 0.3) is 0 Å². The van der Waals surface area contributed by atoms with Crippen LogP contribution in [0.15, 0.2) is 36.4 Å². The van der Waals surface area contributed by atoms with Crippen molar-refractivity contribution >= 4 is 23.2 Å². The van der Waals surface area contributed by atoms with Crippen LogP contribution in [0, 0.1) is 0 Å². The Morgan fingerprint density at radius 3 is 2.50 bits per heavy atom. The first-order valence-corrected chi connectivity index (χ1v) is 7.69. The molecule has 1 nitrogen and oxygen atoms in total. The third kappa shape index (κ3) is 2.41. The molecule has 2 aromatic rings. The molecule has 0 fully saturated rings. The van der Waals surface area contributed by atoms with Crippen LogP contribution in [-0.4, -0.2) is 6.10 Å². The van der Waals surface area contributed by atoms with E-state index in [1.165, 1.54) is 5.56 Å². The molecule has 0 saturated heterocycles. The summed E-state index contributed by atoms with van der Waals surface area (Å²) >= 11 is 12.7. The Bertz CT molecular complexity index is 617. The molecule has 0 amide bonds. The summed E-state index contributed by atoms with van der Waals surface area (Å²) in [5.74, 6) is 0.945.